The molecule has 142 valence electrons. The number of para-hydroxylation sites is 1. The molecule has 0 fully saturated rings. The third-order valence-corrected chi connectivity index (χ3v) is 4.46. The summed E-state index contributed by atoms with van der Waals surface area (Å²) in [5.41, 5.74) is 14.6. The molecule has 0 aliphatic rings. The molecule has 0 aliphatic carbocycles. The highest BCUT2D eigenvalue weighted by Crippen LogP contribution is 2.18. The Morgan fingerprint density at radius 2 is 1.79 bits per heavy atom. The first-order valence-electron chi connectivity index (χ1n) is 8.94. The fourth-order valence-electron chi connectivity index (χ4n) is 2.94. The molecule has 0 spiro atoms. The Hall–Kier alpha value is -3.51. The van der Waals surface area contributed by atoms with E-state index in [1.807, 2.05) is 43.6 Å². The van der Waals surface area contributed by atoms with Gasteiger partial charge in [0.1, 0.15) is 7.05 Å². The van der Waals surface area contributed by atoms with Crippen LogP contribution in [-0.2, 0) is 16.6 Å². The molecule has 0 aliphatic heterocycles. The molecule has 0 radical (unpaired) electrons. The van der Waals surface area contributed by atoms with Crippen LogP contribution in [0.25, 0.3) is 23.1 Å². The van der Waals surface area contributed by atoms with Crippen LogP contribution in [0.15, 0.2) is 60.8 Å². The van der Waals surface area contributed by atoms with Crippen molar-refractivity contribution in [2.45, 2.75) is 12.5 Å². The molecule has 3 aromatic rings. The van der Waals surface area contributed by atoms with Crippen LogP contribution >= 0.6 is 0 Å². The van der Waals surface area contributed by atoms with E-state index in [-0.39, 0.29) is 6.42 Å². The van der Waals surface area contributed by atoms with Crippen molar-refractivity contribution in [2.24, 2.45) is 18.5 Å². The van der Waals surface area contributed by atoms with Gasteiger partial charge >= 0.3 is 0 Å². The second-order valence-corrected chi connectivity index (χ2v) is 6.62. The summed E-state index contributed by atoms with van der Waals surface area (Å²) in [5.74, 6) is -1.05. The van der Waals surface area contributed by atoms with E-state index >= 15 is 0 Å². The first-order chi connectivity index (χ1) is 13.4. The van der Waals surface area contributed by atoms with Gasteiger partial charge in [-0.1, -0.05) is 36.4 Å². The minimum absolute atomic E-state index is 0.185. The summed E-state index contributed by atoms with van der Waals surface area (Å²) in [6.45, 7) is 0. The van der Waals surface area contributed by atoms with E-state index in [9.17, 15) is 9.59 Å². The first kappa shape index (κ1) is 19.3. The van der Waals surface area contributed by atoms with E-state index in [0.717, 1.165) is 16.6 Å². The van der Waals surface area contributed by atoms with E-state index in [0.29, 0.717) is 5.69 Å². The number of rotatable bonds is 6. The van der Waals surface area contributed by atoms with Crippen LogP contribution < -0.4 is 21.4 Å². The maximum Gasteiger partial charge on any atom is 0.241 e. The Kier molecular flexibility index (Phi) is 5.81. The van der Waals surface area contributed by atoms with E-state index in [2.05, 4.69) is 34.2 Å². The van der Waals surface area contributed by atoms with Gasteiger partial charge in [0.05, 0.1) is 17.8 Å². The first-order valence-corrected chi connectivity index (χ1v) is 8.94. The second-order valence-electron chi connectivity index (χ2n) is 6.62. The van der Waals surface area contributed by atoms with E-state index in [1.54, 1.807) is 12.1 Å². The number of nitrogens with two attached hydrogens (primary N) is 2. The smallest absolute Gasteiger partial charge is 0.241 e. The van der Waals surface area contributed by atoms with Crippen LogP contribution in [-0.4, -0.2) is 17.9 Å². The normalized spacial score (nSPS) is 12.2. The molecule has 0 saturated carbocycles. The van der Waals surface area contributed by atoms with Gasteiger partial charge in [0, 0.05) is 17.8 Å². The van der Waals surface area contributed by atoms with Crippen molar-refractivity contribution in [1.29, 1.82) is 0 Å². The molecule has 0 unspecified atom stereocenters. The molecule has 1 atom stereocenters. The van der Waals surface area contributed by atoms with Crippen LogP contribution in [0.3, 0.4) is 0 Å². The summed E-state index contributed by atoms with van der Waals surface area (Å²) < 4.78 is 2.09. The number of aromatic nitrogens is 1. The van der Waals surface area contributed by atoms with Gasteiger partial charge in [-0.15, -0.1) is 0 Å². The average Bonchev–Trinajstić information content (AvgIpc) is 2.68. The molecular weight excluding hydrogens is 352 g/mol. The van der Waals surface area contributed by atoms with Crippen LogP contribution in [0.4, 0.5) is 5.69 Å². The van der Waals surface area contributed by atoms with Gasteiger partial charge in [-0.3, -0.25) is 9.59 Å². The van der Waals surface area contributed by atoms with Crippen LogP contribution in [0, 0.1) is 0 Å². The second kappa shape index (κ2) is 8.45. The largest absolute Gasteiger partial charge is 0.370 e. The number of nitrogens with zero attached hydrogens (tertiary/aromatic N) is 1. The molecule has 0 saturated heterocycles. The van der Waals surface area contributed by atoms with Crippen LogP contribution in [0.5, 0.6) is 0 Å². The number of aryl methyl sites for hydroxylation is 1. The van der Waals surface area contributed by atoms with Gasteiger partial charge < -0.3 is 16.8 Å². The minimum Gasteiger partial charge on any atom is -0.370 e. The van der Waals surface area contributed by atoms with Gasteiger partial charge in [0.25, 0.3) is 0 Å². The third-order valence-electron chi connectivity index (χ3n) is 4.46. The monoisotopic (exact) mass is 375 g/mol. The summed E-state index contributed by atoms with van der Waals surface area (Å²) >= 11 is 0. The molecule has 1 heterocycles. The highest BCUT2D eigenvalue weighted by molar-refractivity contribution is 5.97. The molecule has 5 N–H and O–H groups in total. The fourth-order valence-corrected chi connectivity index (χ4v) is 2.94. The summed E-state index contributed by atoms with van der Waals surface area (Å²) in [4.78, 5) is 22.8. The standard InChI is InChI=1S/C22H22N4O2/c1-26-13-12-16(18-4-2-3-5-20(18)26)9-6-15-7-10-17(11-8-15)25-22(28)19(23)14-21(24)27/h2-13,19H,14,23H2,1H3,(H2,24,27)/p+1/t19-/m0/s1. The van der Waals surface area contributed by atoms with Crippen molar-refractivity contribution in [3.63, 3.8) is 0 Å². The predicted octanol–water partition coefficient (Wildman–Crippen LogP) is 1.98. The lowest BCUT2D eigenvalue weighted by atomic mass is 10.1. The molecule has 28 heavy (non-hydrogen) atoms. The van der Waals surface area contributed by atoms with Gasteiger partial charge in [-0.2, -0.15) is 0 Å². The third kappa shape index (κ3) is 4.61. The van der Waals surface area contributed by atoms with Gasteiger partial charge in [-0.25, -0.2) is 4.57 Å². The van der Waals surface area contributed by atoms with Gasteiger partial charge in [-0.05, 0) is 29.3 Å². The zero-order valence-corrected chi connectivity index (χ0v) is 15.6. The topological polar surface area (TPSA) is 102 Å². The predicted molar refractivity (Wildman–Crippen MR) is 111 cm³/mol. The van der Waals surface area contributed by atoms with Crippen molar-refractivity contribution in [2.75, 3.05) is 5.32 Å². The molecule has 2 aromatic carbocycles. The zero-order chi connectivity index (χ0) is 20.1. The summed E-state index contributed by atoms with van der Waals surface area (Å²) in [5, 5.41) is 3.86. The van der Waals surface area contributed by atoms with E-state index in [1.165, 1.54) is 5.39 Å². The number of hydrogen-bond acceptors (Lipinski definition) is 3. The Balaban J connectivity index is 1.72. The van der Waals surface area contributed by atoms with Crippen LogP contribution in [0.2, 0.25) is 0 Å². The zero-order valence-electron chi connectivity index (χ0n) is 15.6. The van der Waals surface area contributed by atoms with Gasteiger partial charge in [0.15, 0.2) is 6.20 Å². The summed E-state index contributed by atoms with van der Waals surface area (Å²) in [6, 6.07) is 16.7. The number of carbonyl (C=O) groups excluding carboxylic acids is 2. The average molecular weight is 375 g/mol. The SMILES string of the molecule is C[n+]1ccc(C=Cc2ccc(NC(=O)[C@@H](N)CC(N)=O)cc2)c2ccccc21. The molecule has 0 bridgehead atoms. The lowest BCUT2D eigenvalue weighted by Gasteiger charge is -2.10. The molecule has 2 amide bonds. The number of amides is 2. The number of anilines is 1. The molecule has 6 nitrogen and oxygen atoms in total. The van der Waals surface area contributed by atoms with Crippen molar-refractivity contribution in [3.8, 4) is 0 Å². The summed E-state index contributed by atoms with van der Waals surface area (Å²) in [6.07, 6.45) is 5.94. The van der Waals surface area contributed by atoms with Crippen molar-refractivity contribution >= 4 is 40.6 Å². The lowest BCUT2D eigenvalue weighted by molar-refractivity contribution is -0.644. The maximum atomic E-state index is 11.9. The Labute approximate surface area is 163 Å². The van der Waals surface area contributed by atoms with Crippen molar-refractivity contribution in [1.82, 2.24) is 0 Å². The van der Waals surface area contributed by atoms with E-state index in [4.69, 9.17) is 11.5 Å². The lowest BCUT2D eigenvalue weighted by Crippen LogP contribution is -2.38. The minimum atomic E-state index is -0.954. The van der Waals surface area contributed by atoms with Crippen molar-refractivity contribution < 1.29 is 14.2 Å². The number of nitrogens with one attached hydrogen (secondary N) is 1. The van der Waals surface area contributed by atoms with Crippen LogP contribution in [0.1, 0.15) is 17.5 Å². The molecule has 1 aromatic heterocycles. The Morgan fingerprint density at radius 1 is 1.07 bits per heavy atom. The van der Waals surface area contributed by atoms with Crippen molar-refractivity contribution in [3.05, 3.63) is 71.9 Å². The molecule has 6 heteroatoms. The number of fused-ring (bicyclic) bond motifs is 1. The number of pyridine rings is 1. The maximum absolute atomic E-state index is 11.9. The van der Waals surface area contributed by atoms with E-state index < -0.39 is 17.9 Å². The Bertz CT molecular complexity index is 1040. The highest BCUT2D eigenvalue weighted by atomic mass is 16.2. The Morgan fingerprint density at radius 3 is 2.50 bits per heavy atom. The number of benzene rings is 2. The number of primary amides is 1. The molecule has 3 rings (SSSR count). The number of hydrogen-bond donors (Lipinski definition) is 3. The highest BCUT2D eigenvalue weighted by Gasteiger charge is 2.15. The summed E-state index contributed by atoms with van der Waals surface area (Å²) in [7, 11) is 2.03. The fraction of sp³-hybridized carbons (Fsp3) is 0.136. The van der Waals surface area contributed by atoms with Gasteiger partial charge in [0.2, 0.25) is 17.3 Å². The quantitative estimate of drug-likeness (QED) is 0.574. The number of carbonyl (C=O) groups is 2. The molecular formula is C22H23N4O2+.